The van der Waals surface area contributed by atoms with E-state index in [0.29, 0.717) is 5.92 Å². The van der Waals surface area contributed by atoms with Crippen LogP contribution in [0.1, 0.15) is 78.5 Å². The Bertz CT molecular complexity index is 1050. The Labute approximate surface area is 219 Å². The topological polar surface area (TPSA) is 62.7 Å². The van der Waals surface area contributed by atoms with Crippen LogP contribution in [0.25, 0.3) is 16.8 Å². The second-order valence-electron chi connectivity index (χ2n) is 8.07. The Balaban J connectivity index is 0.000000725. The van der Waals surface area contributed by atoms with Gasteiger partial charge in [0.15, 0.2) is 0 Å². The minimum absolute atomic E-state index is 0.577. The summed E-state index contributed by atoms with van der Waals surface area (Å²) in [7, 11) is 0. The number of nitrogens with one attached hydrogen (secondary N) is 2. The molecule has 1 aliphatic rings. The molecule has 0 atom stereocenters. The molecule has 3 heterocycles. The zero-order valence-corrected chi connectivity index (χ0v) is 23.4. The summed E-state index contributed by atoms with van der Waals surface area (Å²) in [5.41, 5.74) is 6.69. The average molecular weight is 488 g/mol. The van der Waals surface area contributed by atoms with Gasteiger partial charge in [-0.05, 0) is 49.9 Å². The summed E-state index contributed by atoms with van der Waals surface area (Å²) >= 11 is 0. The standard InChI is InChI=1S/C23H23N5.C4H10.2C2H6/c1-15-4-5-20(13-26-15)21-9-10-24-14-22(21)27-17(3)19-8-11-25-23(12-19)28-16(2)18-6-7-18;1-3-4-2;2*1-2/h4-5,8-14,18,27H,2-3,6-7H2,1H3,(H,25,28);3-4H2,1-2H3;2*1-2H3. The highest BCUT2D eigenvalue weighted by Gasteiger charge is 2.24. The minimum Gasteiger partial charge on any atom is -0.354 e. The van der Waals surface area contributed by atoms with E-state index < -0.39 is 0 Å². The molecule has 1 saturated carbocycles. The molecule has 5 heteroatoms. The van der Waals surface area contributed by atoms with E-state index in [4.69, 9.17) is 0 Å². The number of unbranched alkanes of at least 4 members (excludes halogenated alkanes) is 1. The molecule has 3 aromatic heterocycles. The van der Waals surface area contributed by atoms with Crippen molar-refractivity contribution in [3.63, 3.8) is 0 Å². The number of rotatable bonds is 8. The van der Waals surface area contributed by atoms with E-state index in [1.165, 1.54) is 25.7 Å². The monoisotopic (exact) mass is 487 g/mol. The molecule has 5 nitrogen and oxygen atoms in total. The van der Waals surface area contributed by atoms with E-state index in [9.17, 15) is 0 Å². The lowest BCUT2D eigenvalue weighted by molar-refractivity contribution is 0.886. The van der Waals surface area contributed by atoms with Crippen LogP contribution in [0, 0.1) is 12.8 Å². The van der Waals surface area contributed by atoms with Crippen LogP contribution < -0.4 is 10.6 Å². The molecular formula is C31H45N5. The molecule has 4 rings (SSSR count). The van der Waals surface area contributed by atoms with Crippen molar-refractivity contribution in [2.24, 2.45) is 5.92 Å². The first-order valence-electron chi connectivity index (χ1n) is 13.3. The first kappa shape index (κ1) is 30.6. The molecule has 2 N–H and O–H groups in total. The second-order valence-corrected chi connectivity index (χ2v) is 8.07. The Kier molecular flexibility index (Phi) is 14.5. The average Bonchev–Trinajstić information content (AvgIpc) is 3.78. The summed E-state index contributed by atoms with van der Waals surface area (Å²) in [6.45, 7) is 22.6. The van der Waals surface area contributed by atoms with Crippen LogP contribution in [0.4, 0.5) is 11.5 Å². The fourth-order valence-corrected chi connectivity index (χ4v) is 2.99. The molecule has 1 aliphatic carbocycles. The van der Waals surface area contributed by atoms with Crippen LogP contribution in [-0.2, 0) is 0 Å². The number of anilines is 2. The summed E-state index contributed by atoms with van der Waals surface area (Å²) < 4.78 is 0. The predicted octanol–water partition coefficient (Wildman–Crippen LogP) is 9.12. The first-order chi connectivity index (χ1) is 17.5. The quantitative estimate of drug-likeness (QED) is 0.332. The van der Waals surface area contributed by atoms with Gasteiger partial charge < -0.3 is 10.6 Å². The van der Waals surface area contributed by atoms with Gasteiger partial charge in [-0.2, -0.15) is 0 Å². The molecule has 194 valence electrons. The smallest absolute Gasteiger partial charge is 0.130 e. The van der Waals surface area contributed by atoms with Crippen LogP contribution in [0.3, 0.4) is 0 Å². The molecule has 36 heavy (non-hydrogen) atoms. The van der Waals surface area contributed by atoms with Gasteiger partial charge in [0.2, 0.25) is 0 Å². The van der Waals surface area contributed by atoms with E-state index in [0.717, 1.165) is 45.3 Å². The second kappa shape index (κ2) is 17.0. The maximum atomic E-state index is 4.40. The number of hydrogen-bond donors (Lipinski definition) is 2. The first-order valence-corrected chi connectivity index (χ1v) is 13.3. The van der Waals surface area contributed by atoms with Gasteiger partial charge in [0.05, 0.1) is 11.9 Å². The third kappa shape index (κ3) is 10.0. The minimum atomic E-state index is 0.577. The molecule has 0 bridgehead atoms. The maximum Gasteiger partial charge on any atom is 0.130 e. The van der Waals surface area contributed by atoms with Crippen molar-refractivity contribution in [1.29, 1.82) is 0 Å². The fourth-order valence-electron chi connectivity index (χ4n) is 2.99. The molecule has 0 spiro atoms. The SMILES string of the molecule is C=C(Nc1cnccc1-c1ccc(C)nc1)c1ccnc(NC(=C)C2CC2)c1.CC.CC.CCCC. The molecular weight excluding hydrogens is 442 g/mol. The zero-order chi connectivity index (χ0) is 26.9. The van der Waals surface area contributed by atoms with Crippen molar-refractivity contribution >= 4 is 17.2 Å². The van der Waals surface area contributed by atoms with Crippen molar-refractivity contribution in [1.82, 2.24) is 15.0 Å². The van der Waals surface area contributed by atoms with E-state index in [2.05, 4.69) is 58.7 Å². The van der Waals surface area contributed by atoms with E-state index in [1.807, 2.05) is 65.1 Å². The molecule has 0 radical (unpaired) electrons. The van der Waals surface area contributed by atoms with Gasteiger partial charge in [0, 0.05) is 52.4 Å². The highest BCUT2D eigenvalue weighted by molar-refractivity contribution is 5.85. The molecule has 1 fully saturated rings. The number of aromatic nitrogens is 3. The molecule has 0 aliphatic heterocycles. The van der Waals surface area contributed by atoms with Gasteiger partial charge in [-0.3, -0.25) is 9.97 Å². The van der Waals surface area contributed by atoms with E-state index in [1.54, 1.807) is 18.6 Å². The molecule has 0 saturated heterocycles. The maximum absolute atomic E-state index is 4.40. The van der Waals surface area contributed by atoms with Gasteiger partial charge in [0.25, 0.3) is 0 Å². The lowest BCUT2D eigenvalue weighted by atomic mass is 10.1. The predicted molar refractivity (Wildman–Crippen MR) is 158 cm³/mol. The molecule has 0 unspecified atom stereocenters. The zero-order valence-electron chi connectivity index (χ0n) is 23.4. The van der Waals surface area contributed by atoms with Gasteiger partial charge in [-0.15, -0.1) is 0 Å². The van der Waals surface area contributed by atoms with Crippen LogP contribution in [0.2, 0.25) is 0 Å². The van der Waals surface area contributed by atoms with Crippen molar-refractivity contribution < 1.29 is 0 Å². The highest BCUT2D eigenvalue weighted by atomic mass is 15.0. The lowest BCUT2D eigenvalue weighted by Gasteiger charge is -2.15. The number of hydrogen-bond acceptors (Lipinski definition) is 5. The summed E-state index contributed by atoms with van der Waals surface area (Å²) in [6.07, 6.45) is 12.3. The number of allylic oxidation sites excluding steroid dienone is 1. The van der Waals surface area contributed by atoms with Crippen LogP contribution in [-0.4, -0.2) is 15.0 Å². The van der Waals surface area contributed by atoms with Crippen LogP contribution in [0.5, 0.6) is 0 Å². The number of aryl methyl sites for hydroxylation is 1. The summed E-state index contributed by atoms with van der Waals surface area (Å²) in [5.74, 6) is 1.36. The van der Waals surface area contributed by atoms with Crippen molar-refractivity contribution in [3.8, 4) is 11.1 Å². The van der Waals surface area contributed by atoms with Gasteiger partial charge in [0.1, 0.15) is 5.82 Å². The fraction of sp³-hybridized carbons (Fsp3) is 0.387. The summed E-state index contributed by atoms with van der Waals surface area (Å²) in [6, 6.07) is 9.95. The van der Waals surface area contributed by atoms with Crippen molar-refractivity contribution in [2.75, 3.05) is 10.6 Å². The van der Waals surface area contributed by atoms with Gasteiger partial charge >= 0.3 is 0 Å². The Morgan fingerprint density at radius 1 is 0.889 bits per heavy atom. The number of nitrogens with zero attached hydrogens (tertiary/aromatic N) is 3. The van der Waals surface area contributed by atoms with Crippen LogP contribution in [0.15, 0.2) is 74.0 Å². The molecule has 3 aromatic rings. The molecule has 0 amide bonds. The third-order valence-corrected chi connectivity index (χ3v) is 5.30. The summed E-state index contributed by atoms with van der Waals surface area (Å²) in [4.78, 5) is 13.0. The molecule has 0 aromatic carbocycles. The lowest BCUT2D eigenvalue weighted by Crippen LogP contribution is -2.04. The van der Waals surface area contributed by atoms with Crippen molar-refractivity contribution in [2.45, 2.75) is 74.1 Å². The van der Waals surface area contributed by atoms with Gasteiger partial charge in [-0.1, -0.05) is 73.6 Å². The van der Waals surface area contributed by atoms with E-state index in [-0.39, 0.29) is 0 Å². The normalized spacial score (nSPS) is 11.3. The third-order valence-electron chi connectivity index (χ3n) is 5.30. The van der Waals surface area contributed by atoms with E-state index >= 15 is 0 Å². The Hall–Kier alpha value is -3.47. The van der Waals surface area contributed by atoms with Gasteiger partial charge in [-0.25, -0.2) is 4.98 Å². The van der Waals surface area contributed by atoms with Crippen molar-refractivity contribution in [3.05, 3.63) is 85.2 Å². The summed E-state index contributed by atoms with van der Waals surface area (Å²) in [5, 5.41) is 6.70. The largest absolute Gasteiger partial charge is 0.354 e. The Morgan fingerprint density at radius 3 is 2.17 bits per heavy atom. The van der Waals surface area contributed by atoms with Crippen LogP contribution >= 0.6 is 0 Å². The Morgan fingerprint density at radius 2 is 1.58 bits per heavy atom. The highest BCUT2D eigenvalue weighted by Crippen LogP contribution is 2.36. The number of pyridine rings is 3.